The van der Waals surface area contributed by atoms with Crippen LogP contribution in [0.4, 0.5) is 0 Å². The van der Waals surface area contributed by atoms with Crippen molar-refractivity contribution in [3.05, 3.63) is 0 Å². The van der Waals surface area contributed by atoms with Crippen molar-refractivity contribution in [2.24, 2.45) is 5.84 Å². The van der Waals surface area contributed by atoms with Gasteiger partial charge in [0.1, 0.15) is 0 Å². The van der Waals surface area contributed by atoms with Crippen molar-refractivity contribution in [1.29, 1.82) is 0 Å². The van der Waals surface area contributed by atoms with Crippen LogP contribution >= 0.6 is 0 Å². The first-order valence-electron chi connectivity index (χ1n) is 5.69. The van der Waals surface area contributed by atoms with Crippen molar-refractivity contribution >= 4 is 0 Å². The van der Waals surface area contributed by atoms with E-state index in [4.69, 9.17) is 10.9 Å². The summed E-state index contributed by atoms with van der Waals surface area (Å²) in [5, 5.41) is 14.2. The molecule has 0 atom stereocenters. The summed E-state index contributed by atoms with van der Waals surface area (Å²) in [4.78, 5) is 0. The number of nitrogens with zero attached hydrogens (tertiary/aromatic N) is 1. The van der Waals surface area contributed by atoms with Crippen LogP contribution in [0, 0.1) is 0 Å². The van der Waals surface area contributed by atoms with Crippen LogP contribution in [0.1, 0.15) is 40.5 Å². The maximum Gasteiger partial charge on any atom is 0.0556 e. The second kappa shape index (κ2) is 4.37. The van der Waals surface area contributed by atoms with Crippen LogP contribution in [-0.2, 0) is 0 Å². The number of hydrazine groups is 1. The first-order valence-corrected chi connectivity index (χ1v) is 5.69. The maximum absolute atomic E-state index is 8.81. The topological polar surface area (TPSA) is 61.5 Å². The fourth-order valence-electron chi connectivity index (χ4n) is 2.71. The summed E-state index contributed by atoms with van der Waals surface area (Å²) in [5.74, 6) is 6.14. The van der Waals surface area contributed by atoms with Gasteiger partial charge in [-0.3, -0.25) is 5.84 Å². The monoisotopic (exact) mass is 215 g/mol. The number of aliphatic hydroxyl groups excluding tert-OH is 1. The van der Waals surface area contributed by atoms with Crippen molar-refractivity contribution in [2.45, 2.75) is 57.7 Å². The van der Waals surface area contributed by atoms with Crippen LogP contribution in [0.25, 0.3) is 0 Å². The lowest BCUT2D eigenvalue weighted by Crippen LogP contribution is -2.66. The molecule has 0 saturated carbocycles. The molecule has 0 spiro atoms. The highest BCUT2D eigenvalue weighted by atomic mass is 16.3. The van der Waals surface area contributed by atoms with Crippen LogP contribution < -0.4 is 11.2 Å². The van der Waals surface area contributed by atoms with Crippen LogP contribution in [0.5, 0.6) is 0 Å². The molecule has 0 aromatic carbocycles. The third-order valence-corrected chi connectivity index (χ3v) is 3.34. The molecule has 0 radical (unpaired) electrons. The smallest absolute Gasteiger partial charge is 0.0556 e. The minimum atomic E-state index is 0.00880. The highest BCUT2D eigenvalue weighted by Crippen LogP contribution is 2.35. The number of hydrogen-bond donors (Lipinski definition) is 3. The molecule has 0 aliphatic carbocycles. The van der Waals surface area contributed by atoms with Crippen molar-refractivity contribution in [3.8, 4) is 0 Å². The van der Waals surface area contributed by atoms with E-state index in [0.717, 1.165) is 12.8 Å². The zero-order chi connectivity index (χ0) is 11.7. The van der Waals surface area contributed by atoms with Crippen molar-refractivity contribution in [1.82, 2.24) is 10.3 Å². The Balaban J connectivity index is 2.66. The lowest BCUT2D eigenvalue weighted by molar-refractivity contribution is -0.0423. The molecular formula is C11H25N3O. The summed E-state index contributed by atoms with van der Waals surface area (Å²) >= 11 is 0. The molecule has 1 rings (SSSR count). The Kier molecular flexibility index (Phi) is 3.76. The van der Waals surface area contributed by atoms with Gasteiger partial charge in [-0.15, -0.1) is 0 Å². The molecule has 1 fully saturated rings. The van der Waals surface area contributed by atoms with Gasteiger partial charge in [0, 0.05) is 23.7 Å². The van der Waals surface area contributed by atoms with E-state index in [-0.39, 0.29) is 17.7 Å². The predicted octanol–water partition coefficient (Wildman–Crippen LogP) is 0.464. The first kappa shape index (κ1) is 12.9. The second-order valence-electron chi connectivity index (χ2n) is 5.78. The lowest BCUT2D eigenvalue weighted by Gasteiger charge is -2.53. The molecule has 0 unspecified atom stereocenters. The minimum absolute atomic E-state index is 0.00880. The van der Waals surface area contributed by atoms with Gasteiger partial charge in [0.15, 0.2) is 0 Å². The second-order valence-corrected chi connectivity index (χ2v) is 5.78. The Morgan fingerprint density at radius 2 is 1.73 bits per heavy atom. The summed E-state index contributed by atoms with van der Waals surface area (Å²) in [5.41, 5.74) is 0.0176. The molecule has 1 aliphatic rings. The molecule has 1 aliphatic heterocycles. The van der Waals surface area contributed by atoms with E-state index >= 15 is 0 Å². The Morgan fingerprint density at radius 3 is 2.13 bits per heavy atom. The third-order valence-electron chi connectivity index (χ3n) is 3.34. The Hall–Kier alpha value is -0.160. The highest BCUT2D eigenvalue weighted by molar-refractivity contribution is 4.99. The molecule has 15 heavy (non-hydrogen) atoms. The minimum Gasteiger partial charge on any atom is -0.395 e. The van der Waals surface area contributed by atoms with Crippen LogP contribution in [0.2, 0.25) is 0 Å². The molecule has 90 valence electrons. The summed E-state index contributed by atoms with van der Waals surface area (Å²) < 4.78 is 0. The fourth-order valence-corrected chi connectivity index (χ4v) is 2.71. The van der Waals surface area contributed by atoms with Crippen LogP contribution in [-0.4, -0.2) is 40.4 Å². The number of aliphatic hydroxyl groups is 1. The number of nitrogens with one attached hydrogen (secondary N) is 1. The average molecular weight is 215 g/mol. The van der Waals surface area contributed by atoms with Gasteiger partial charge >= 0.3 is 0 Å². The van der Waals surface area contributed by atoms with Gasteiger partial charge in [0.25, 0.3) is 0 Å². The van der Waals surface area contributed by atoms with Gasteiger partial charge in [-0.05, 0) is 40.5 Å². The Labute approximate surface area is 92.8 Å². The lowest BCUT2D eigenvalue weighted by atomic mass is 9.78. The van der Waals surface area contributed by atoms with E-state index in [1.807, 2.05) is 5.01 Å². The standard InChI is InChI=1S/C11H25N3O/c1-10(2)7-9(13-5-6-15)8-11(3,4)14(10)12/h9,13,15H,5-8,12H2,1-4H3. The molecule has 4 heteroatoms. The van der Waals surface area contributed by atoms with E-state index < -0.39 is 0 Å². The van der Waals surface area contributed by atoms with Crippen molar-refractivity contribution in [3.63, 3.8) is 0 Å². The molecule has 0 aromatic heterocycles. The predicted molar refractivity (Wildman–Crippen MR) is 62.3 cm³/mol. The average Bonchev–Trinajstić information content (AvgIpc) is 2.10. The highest BCUT2D eigenvalue weighted by Gasteiger charge is 2.43. The molecule has 1 heterocycles. The summed E-state index contributed by atoms with van der Waals surface area (Å²) in [6.45, 7) is 9.54. The maximum atomic E-state index is 8.81. The van der Waals surface area contributed by atoms with Gasteiger partial charge in [0.2, 0.25) is 0 Å². The van der Waals surface area contributed by atoms with E-state index in [1.54, 1.807) is 0 Å². The quantitative estimate of drug-likeness (QED) is 0.599. The van der Waals surface area contributed by atoms with Gasteiger partial charge in [-0.25, -0.2) is 5.01 Å². The molecule has 4 nitrogen and oxygen atoms in total. The number of hydrogen-bond acceptors (Lipinski definition) is 4. The van der Waals surface area contributed by atoms with Gasteiger partial charge in [-0.1, -0.05) is 0 Å². The summed E-state index contributed by atoms with van der Waals surface area (Å²) in [6, 6.07) is 0.446. The third kappa shape index (κ3) is 2.91. The normalized spacial score (nSPS) is 26.8. The number of nitrogens with two attached hydrogens (primary N) is 1. The zero-order valence-electron chi connectivity index (χ0n) is 10.4. The van der Waals surface area contributed by atoms with E-state index in [2.05, 4.69) is 33.0 Å². The summed E-state index contributed by atoms with van der Waals surface area (Å²) in [7, 11) is 0. The molecule has 0 aromatic rings. The first-order chi connectivity index (χ1) is 6.79. The van der Waals surface area contributed by atoms with Crippen molar-refractivity contribution < 1.29 is 5.11 Å². The van der Waals surface area contributed by atoms with Gasteiger partial charge in [-0.2, -0.15) is 0 Å². The van der Waals surface area contributed by atoms with E-state index in [1.165, 1.54) is 0 Å². The molecular weight excluding hydrogens is 190 g/mol. The van der Waals surface area contributed by atoms with Gasteiger partial charge < -0.3 is 10.4 Å². The molecule has 0 amide bonds. The van der Waals surface area contributed by atoms with E-state index in [0.29, 0.717) is 12.6 Å². The van der Waals surface area contributed by atoms with E-state index in [9.17, 15) is 0 Å². The van der Waals surface area contributed by atoms with Crippen LogP contribution in [0.15, 0.2) is 0 Å². The SMILES string of the molecule is CC1(C)CC(NCCO)CC(C)(C)N1N. The Bertz CT molecular complexity index is 198. The van der Waals surface area contributed by atoms with Crippen molar-refractivity contribution in [2.75, 3.05) is 13.2 Å². The molecule has 4 N–H and O–H groups in total. The summed E-state index contributed by atoms with van der Waals surface area (Å²) in [6.07, 6.45) is 2.04. The van der Waals surface area contributed by atoms with Crippen LogP contribution in [0.3, 0.4) is 0 Å². The fraction of sp³-hybridized carbons (Fsp3) is 1.00. The number of piperidine rings is 1. The van der Waals surface area contributed by atoms with Gasteiger partial charge in [0.05, 0.1) is 6.61 Å². The number of rotatable bonds is 3. The largest absolute Gasteiger partial charge is 0.395 e. The molecule has 1 saturated heterocycles. The molecule has 0 bridgehead atoms. The Morgan fingerprint density at radius 1 is 1.27 bits per heavy atom. The zero-order valence-corrected chi connectivity index (χ0v) is 10.4.